The number of aromatic nitrogens is 1. The predicted molar refractivity (Wildman–Crippen MR) is 102 cm³/mol. The monoisotopic (exact) mass is 399 g/mol. The molecule has 2 aliphatic rings. The number of carbonyl (C=O) groups excluding carboxylic acids is 2. The molecular weight excluding hydrogens is 377 g/mol. The molecule has 1 aromatic carbocycles. The molecule has 1 aliphatic heterocycles. The predicted octanol–water partition coefficient (Wildman–Crippen LogP) is 1.97. The minimum absolute atomic E-state index is 0.114. The minimum Gasteiger partial charge on any atom is -0.506 e. The van der Waals surface area contributed by atoms with Gasteiger partial charge in [-0.2, -0.15) is 0 Å². The van der Waals surface area contributed by atoms with E-state index in [0.29, 0.717) is 19.0 Å². The van der Waals surface area contributed by atoms with Crippen LogP contribution in [-0.4, -0.2) is 52.5 Å². The molecule has 2 amide bonds. The van der Waals surface area contributed by atoms with Gasteiger partial charge < -0.3 is 20.1 Å². The molecule has 0 bridgehead atoms. The van der Waals surface area contributed by atoms with E-state index in [1.54, 1.807) is 23.1 Å². The summed E-state index contributed by atoms with van der Waals surface area (Å²) in [6.07, 6.45) is 4.19. The van der Waals surface area contributed by atoms with Crippen LogP contribution < -0.4 is 10.1 Å². The second-order valence-electron chi connectivity index (χ2n) is 7.50. The molecule has 1 saturated heterocycles. The van der Waals surface area contributed by atoms with Crippen LogP contribution in [0.2, 0.25) is 0 Å². The number of amides is 2. The first-order chi connectivity index (χ1) is 14.0. The summed E-state index contributed by atoms with van der Waals surface area (Å²) in [4.78, 5) is 30.1. The first-order valence-electron chi connectivity index (χ1n) is 9.62. The first kappa shape index (κ1) is 19.2. The Labute approximate surface area is 167 Å². The van der Waals surface area contributed by atoms with Crippen LogP contribution in [0.25, 0.3) is 0 Å². The molecule has 1 saturated carbocycles. The molecule has 152 valence electrons. The molecule has 0 radical (unpaired) electrons. The highest BCUT2D eigenvalue weighted by molar-refractivity contribution is 5.96. The van der Waals surface area contributed by atoms with Crippen LogP contribution in [0.1, 0.15) is 23.2 Å². The van der Waals surface area contributed by atoms with E-state index in [9.17, 15) is 19.1 Å². The van der Waals surface area contributed by atoms with Crippen molar-refractivity contribution in [1.82, 2.24) is 15.2 Å². The SMILES string of the molecule is O=C(NCC(=O)N1C[C@@H]2CC[C@H](Oc3ccccc3F)[C@@H]2C1)c1cncc(O)c1. The van der Waals surface area contributed by atoms with Gasteiger partial charge in [0.2, 0.25) is 5.91 Å². The molecule has 3 atom stereocenters. The number of fused-ring (bicyclic) bond motifs is 1. The maximum absolute atomic E-state index is 13.9. The molecule has 4 rings (SSSR count). The van der Waals surface area contributed by atoms with E-state index < -0.39 is 5.91 Å². The molecule has 1 aromatic heterocycles. The van der Waals surface area contributed by atoms with Crippen LogP contribution in [0.4, 0.5) is 4.39 Å². The van der Waals surface area contributed by atoms with Crippen molar-refractivity contribution >= 4 is 11.8 Å². The lowest BCUT2D eigenvalue weighted by atomic mass is 9.99. The lowest BCUT2D eigenvalue weighted by Gasteiger charge is -2.22. The molecule has 1 aliphatic carbocycles. The van der Waals surface area contributed by atoms with Crippen molar-refractivity contribution in [2.75, 3.05) is 19.6 Å². The molecule has 0 unspecified atom stereocenters. The quantitative estimate of drug-likeness (QED) is 0.802. The van der Waals surface area contributed by atoms with Gasteiger partial charge in [-0.25, -0.2) is 4.39 Å². The average molecular weight is 399 g/mol. The lowest BCUT2D eigenvalue weighted by molar-refractivity contribution is -0.129. The van der Waals surface area contributed by atoms with Crippen molar-refractivity contribution in [2.24, 2.45) is 11.8 Å². The number of rotatable bonds is 5. The third kappa shape index (κ3) is 4.16. The number of para-hydroxylation sites is 1. The smallest absolute Gasteiger partial charge is 0.253 e. The van der Waals surface area contributed by atoms with E-state index in [-0.39, 0.29) is 47.4 Å². The second-order valence-corrected chi connectivity index (χ2v) is 7.50. The Hall–Kier alpha value is -3.16. The molecule has 29 heavy (non-hydrogen) atoms. The number of hydrogen-bond donors (Lipinski definition) is 2. The Balaban J connectivity index is 1.31. The molecule has 2 N–H and O–H groups in total. The third-order valence-corrected chi connectivity index (χ3v) is 5.64. The third-order valence-electron chi connectivity index (χ3n) is 5.64. The van der Waals surface area contributed by atoms with Gasteiger partial charge in [0, 0.05) is 25.2 Å². The van der Waals surface area contributed by atoms with E-state index in [4.69, 9.17) is 4.74 Å². The van der Waals surface area contributed by atoms with Gasteiger partial charge in [0.15, 0.2) is 11.6 Å². The fourth-order valence-electron chi connectivity index (χ4n) is 4.19. The molecule has 2 fully saturated rings. The summed E-state index contributed by atoms with van der Waals surface area (Å²) in [5, 5.41) is 12.0. The number of likely N-dealkylation sites (tertiary alicyclic amines) is 1. The fourth-order valence-corrected chi connectivity index (χ4v) is 4.19. The van der Waals surface area contributed by atoms with E-state index in [1.807, 2.05) is 0 Å². The molecule has 8 heteroatoms. The summed E-state index contributed by atoms with van der Waals surface area (Å²) < 4.78 is 19.8. The van der Waals surface area contributed by atoms with Gasteiger partial charge >= 0.3 is 0 Å². The average Bonchev–Trinajstić information content (AvgIpc) is 3.29. The normalized spacial score (nSPS) is 22.9. The van der Waals surface area contributed by atoms with Gasteiger partial charge in [-0.05, 0) is 37.0 Å². The van der Waals surface area contributed by atoms with Crippen molar-refractivity contribution in [3.05, 3.63) is 54.1 Å². The van der Waals surface area contributed by atoms with Crippen LogP contribution in [-0.2, 0) is 4.79 Å². The molecule has 2 heterocycles. The molecular formula is C21H22FN3O4. The van der Waals surface area contributed by atoms with E-state index in [2.05, 4.69) is 10.3 Å². The largest absolute Gasteiger partial charge is 0.506 e. The van der Waals surface area contributed by atoms with Crippen LogP contribution in [0.15, 0.2) is 42.7 Å². The highest BCUT2D eigenvalue weighted by atomic mass is 19.1. The van der Waals surface area contributed by atoms with Gasteiger partial charge in [-0.15, -0.1) is 0 Å². The summed E-state index contributed by atoms with van der Waals surface area (Å²) in [6, 6.07) is 7.64. The number of ether oxygens (including phenoxy) is 1. The summed E-state index contributed by atoms with van der Waals surface area (Å²) in [6.45, 7) is 1.02. The number of hydrogen-bond acceptors (Lipinski definition) is 5. The van der Waals surface area contributed by atoms with Crippen molar-refractivity contribution in [3.63, 3.8) is 0 Å². The highest BCUT2D eigenvalue weighted by Crippen LogP contribution is 2.40. The Kier molecular flexibility index (Phi) is 5.33. The first-order valence-corrected chi connectivity index (χ1v) is 9.62. The Morgan fingerprint density at radius 1 is 1.24 bits per heavy atom. The standard InChI is InChI=1S/C21H22FN3O4/c22-17-3-1-2-4-19(17)29-18-6-5-13-11-25(12-16(13)18)20(27)10-24-21(28)14-7-15(26)9-23-8-14/h1-4,7-9,13,16,18,26H,5-6,10-12H2,(H,24,28)/t13-,16+,18-/m0/s1. The highest BCUT2D eigenvalue weighted by Gasteiger charge is 2.45. The molecule has 7 nitrogen and oxygen atoms in total. The summed E-state index contributed by atoms with van der Waals surface area (Å²) in [5.74, 6) is -0.420. The van der Waals surface area contributed by atoms with Crippen LogP contribution in [0.5, 0.6) is 11.5 Å². The van der Waals surface area contributed by atoms with Crippen molar-refractivity contribution in [3.8, 4) is 11.5 Å². The maximum Gasteiger partial charge on any atom is 0.253 e. The van der Waals surface area contributed by atoms with Crippen LogP contribution in [0, 0.1) is 17.7 Å². The Morgan fingerprint density at radius 3 is 2.86 bits per heavy atom. The number of nitrogens with zero attached hydrogens (tertiary/aromatic N) is 2. The van der Waals surface area contributed by atoms with Crippen LogP contribution >= 0.6 is 0 Å². The zero-order valence-electron chi connectivity index (χ0n) is 15.8. The minimum atomic E-state index is -0.470. The number of pyridine rings is 1. The molecule has 2 aromatic rings. The Morgan fingerprint density at radius 2 is 2.07 bits per heavy atom. The van der Waals surface area contributed by atoms with Gasteiger partial charge in [0.25, 0.3) is 5.91 Å². The number of halogens is 1. The van der Waals surface area contributed by atoms with Crippen molar-refractivity contribution in [2.45, 2.75) is 18.9 Å². The number of aromatic hydroxyl groups is 1. The van der Waals surface area contributed by atoms with Gasteiger partial charge in [0.05, 0.1) is 18.3 Å². The number of benzene rings is 1. The molecule has 0 spiro atoms. The lowest BCUT2D eigenvalue weighted by Crippen LogP contribution is -2.40. The zero-order chi connectivity index (χ0) is 20.4. The number of nitrogens with one attached hydrogen (secondary N) is 1. The van der Waals surface area contributed by atoms with Gasteiger partial charge in [-0.1, -0.05) is 12.1 Å². The summed E-state index contributed by atoms with van der Waals surface area (Å²) >= 11 is 0. The van der Waals surface area contributed by atoms with Crippen molar-refractivity contribution < 1.29 is 23.8 Å². The van der Waals surface area contributed by atoms with E-state index in [1.165, 1.54) is 24.5 Å². The van der Waals surface area contributed by atoms with E-state index in [0.717, 1.165) is 12.8 Å². The number of carbonyl (C=O) groups is 2. The zero-order valence-corrected chi connectivity index (χ0v) is 15.8. The maximum atomic E-state index is 13.9. The summed E-state index contributed by atoms with van der Waals surface area (Å²) in [5.41, 5.74) is 0.189. The van der Waals surface area contributed by atoms with Gasteiger partial charge in [0.1, 0.15) is 11.9 Å². The fraction of sp³-hybridized carbons (Fsp3) is 0.381. The second kappa shape index (κ2) is 8.06. The Bertz CT molecular complexity index is 922. The topological polar surface area (TPSA) is 91.8 Å². The summed E-state index contributed by atoms with van der Waals surface area (Å²) in [7, 11) is 0. The van der Waals surface area contributed by atoms with Crippen LogP contribution in [0.3, 0.4) is 0 Å². The van der Waals surface area contributed by atoms with E-state index >= 15 is 0 Å². The van der Waals surface area contributed by atoms with Crippen molar-refractivity contribution in [1.29, 1.82) is 0 Å². The van der Waals surface area contributed by atoms with Gasteiger partial charge in [-0.3, -0.25) is 14.6 Å².